The fourth-order valence-corrected chi connectivity index (χ4v) is 1.57. The Morgan fingerprint density at radius 1 is 1.06 bits per heavy atom. The van der Waals surface area contributed by atoms with Gasteiger partial charge in [0.05, 0.1) is 21.3 Å². The van der Waals surface area contributed by atoms with Crippen molar-refractivity contribution in [3.8, 4) is 11.5 Å². The number of carbonyl (C=O) groups is 2. The van der Waals surface area contributed by atoms with E-state index in [1.165, 1.54) is 21.3 Å². The van der Waals surface area contributed by atoms with Crippen LogP contribution in [0.5, 0.6) is 11.5 Å². The number of esters is 1. The zero-order valence-electron chi connectivity index (χ0n) is 10.9. The van der Waals surface area contributed by atoms with E-state index >= 15 is 0 Å². The van der Waals surface area contributed by atoms with Crippen LogP contribution in [0.15, 0.2) is 12.1 Å². The van der Waals surface area contributed by atoms with Gasteiger partial charge in [0.1, 0.15) is 0 Å². The Labute approximate surface area is 106 Å². The SMILES string of the molecule is COC(=O)C(=O)Cc1cc(OC)c(OC)cc1C. The number of rotatable bonds is 5. The molecule has 0 spiro atoms. The topological polar surface area (TPSA) is 61.8 Å². The molecule has 0 aromatic heterocycles. The molecular formula is C13H16O5. The predicted molar refractivity (Wildman–Crippen MR) is 65.0 cm³/mol. The first-order valence-electron chi connectivity index (χ1n) is 5.36. The lowest BCUT2D eigenvalue weighted by Crippen LogP contribution is -2.18. The van der Waals surface area contributed by atoms with Gasteiger partial charge in [-0.2, -0.15) is 0 Å². The van der Waals surface area contributed by atoms with Crippen LogP contribution in [0, 0.1) is 6.92 Å². The number of methoxy groups -OCH3 is 3. The van der Waals surface area contributed by atoms with Crippen LogP contribution >= 0.6 is 0 Å². The number of ketones is 1. The lowest BCUT2D eigenvalue weighted by Gasteiger charge is -2.12. The van der Waals surface area contributed by atoms with E-state index in [0.717, 1.165) is 5.56 Å². The second-order valence-corrected chi connectivity index (χ2v) is 3.73. The van der Waals surface area contributed by atoms with Crippen molar-refractivity contribution in [1.29, 1.82) is 0 Å². The van der Waals surface area contributed by atoms with Gasteiger partial charge in [-0.3, -0.25) is 4.79 Å². The summed E-state index contributed by atoms with van der Waals surface area (Å²) in [6.45, 7) is 1.84. The molecule has 5 nitrogen and oxygen atoms in total. The maximum atomic E-state index is 11.5. The van der Waals surface area contributed by atoms with Gasteiger partial charge in [0.25, 0.3) is 0 Å². The summed E-state index contributed by atoms with van der Waals surface area (Å²) in [4.78, 5) is 22.6. The Hall–Kier alpha value is -2.04. The molecule has 1 aromatic carbocycles. The summed E-state index contributed by atoms with van der Waals surface area (Å²) >= 11 is 0. The molecule has 0 saturated heterocycles. The molecule has 0 N–H and O–H groups in total. The molecule has 0 aliphatic carbocycles. The molecule has 0 amide bonds. The van der Waals surface area contributed by atoms with Crippen LogP contribution in [0.2, 0.25) is 0 Å². The van der Waals surface area contributed by atoms with E-state index in [0.29, 0.717) is 17.1 Å². The molecule has 1 aromatic rings. The zero-order chi connectivity index (χ0) is 13.7. The Morgan fingerprint density at radius 2 is 1.61 bits per heavy atom. The summed E-state index contributed by atoms with van der Waals surface area (Å²) < 4.78 is 14.7. The quantitative estimate of drug-likeness (QED) is 0.584. The van der Waals surface area contributed by atoms with Gasteiger partial charge in [-0.15, -0.1) is 0 Å². The van der Waals surface area contributed by atoms with Gasteiger partial charge in [-0.25, -0.2) is 4.79 Å². The van der Waals surface area contributed by atoms with Crippen molar-refractivity contribution in [3.63, 3.8) is 0 Å². The van der Waals surface area contributed by atoms with E-state index in [2.05, 4.69) is 4.74 Å². The molecule has 0 aliphatic heterocycles. The summed E-state index contributed by atoms with van der Waals surface area (Å²) in [6, 6.07) is 3.45. The maximum Gasteiger partial charge on any atom is 0.374 e. The van der Waals surface area contributed by atoms with Crippen LogP contribution < -0.4 is 9.47 Å². The van der Waals surface area contributed by atoms with Gasteiger partial charge >= 0.3 is 5.97 Å². The minimum Gasteiger partial charge on any atom is -0.493 e. The minimum absolute atomic E-state index is 0.0150. The third-order valence-corrected chi connectivity index (χ3v) is 2.61. The summed E-state index contributed by atoms with van der Waals surface area (Å²) in [5.74, 6) is -0.322. The van der Waals surface area contributed by atoms with Gasteiger partial charge < -0.3 is 14.2 Å². The number of Topliss-reactive ketones (excluding diaryl/α,β-unsaturated/α-hetero) is 1. The average Bonchev–Trinajstić information content (AvgIpc) is 2.39. The van der Waals surface area contributed by atoms with Crippen LogP contribution in [-0.2, 0) is 20.7 Å². The molecule has 0 fully saturated rings. The first-order valence-corrected chi connectivity index (χ1v) is 5.36. The molecule has 5 heteroatoms. The van der Waals surface area contributed by atoms with Crippen molar-refractivity contribution in [1.82, 2.24) is 0 Å². The minimum atomic E-state index is -0.843. The van der Waals surface area contributed by atoms with E-state index in [-0.39, 0.29) is 6.42 Å². The van der Waals surface area contributed by atoms with Gasteiger partial charge in [0.2, 0.25) is 5.78 Å². The van der Waals surface area contributed by atoms with Gasteiger partial charge in [0, 0.05) is 6.42 Å². The van der Waals surface area contributed by atoms with Crippen molar-refractivity contribution in [2.75, 3.05) is 21.3 Å². The molecular weight excluding hydrogens is 236 g/mol. The van der Waals surface area contributed by atoms with Crippen LogP contribution in [0.25, 0.3) is 0 Å². The lowest BCUT2D eigenvalue weighted by molar-refractivity contribution is -0.151. The van der Waals surface area contributed by atoms with Crippen molar-refractivity contribution in [3.05, 3.63) is 23.3 Å². The fourth-order valence-electron chi connectivity index (χ4n) is 1.57. The molecule has 0 saturated carbocycles. The predicted octanol–water partition coefficient (Wildman–Crippen LogP) is 1.30. The first kappa shape index (κ1) is 14.0. The highest BCUT2D eigenvalue weighted by Gasteiger charge is 2.17. The largest absolute Gasteiger partial charge is 0.493 e. The third kappa shape index (κ3) is 3.00. The van der Waals surface area contributed by atoms with E-state index in [1.54, 1.807) is 12.1 Å². The maximum absolute atomic E-state index is 11.5. The fraction of sp³-hybridized carbons (Fsp3) is 0.385. The molecule has 0 heterocycles. The molecule has 0 radical (unpaired) electrons. The molecule has 0 bridgehead atoms. The molecule has 18 heavy (non-hydrogen) atoms. The van der Waals surface area contributed by atoms with Gasteiger partial charge in [-0.1, -0.05) is 0 Å². The van der Waals surface area contributed by atoms with E-state index in [1.807, 2.05) is 6.92 Å². The van der Waals surface area contributed by atoms with Crippen molar-refractivity contribution >= 4 is 11.8 Å². The van der Waals surface area contributed by atoms with E-state index in [9.17, 15) is 9.59 Å². The Balaban J connectivity index is 3.03. The normalized spacial score (nSPS) is 9.78. The Kier molecular flexibility index (Phi) is 4.71. The van der Waals surface area contributed by atoms with Crippen LogP contribution in [-0.4, -0.2) is 33.1 Å². The highest BCUT2D eigenvalue weighted by Crippen LogP contribution is 2.30. The Bertz CT molecular complexity index is 465. The number of hydrogen-bond acceptors (Lipinski definition) is 5. The van der Waals surface area contributed by atoms with Gasteiger partial charge in [-0.05, 0) is 30.2 Å². The lowest BCUT2D eigenvalue weighted by atomic mass is 10.0. The van der Waals surface area contributed by atoms with Crippen molar-refractivity contribution in [2.24, 2.45) is 0 Å². The highest BCUT2D eigenvalue weighted by molar-refractivity contribution is 6.34. The van der Waals surface area contributed by atoms with E-state index in [4.69, 9.17) is 9.47 Å². The number of carbonyl (C=O) groups excluding carboxylic acids is 2. The number of hydrogen-bond donors (Lipinski definition) is 0. The van der Waals surface area contributed by atoms with Crippen LogP contribution in [0.1, 0.15) is 11.1 Å². The van der Waals surface area contributed by atoms with Crippen molar-refractivity contribution in [2.45, 2.75) is 13.3 Å². The second-order valence-electron chi connectivity index (χ2n) is 3.73. The van der Waals surface area contributed by atoms with Crippen LogP contribution in [0.3, 0.4) is 0 Å². The van der Waals surface area contributed by atoms with Crippen LogP contribution in [0.4, 0.5) is 0 Å². The molecule has 0 unspecified atom stereocenters. The summed E-state index contributed by atoms with van der Waals surface area (Å²) in [6.07, 6.45) is -0.0150. The standard InChI is InChI=1S/C13H16O5/c1-8-5-11(16-2)12(17-3)7-9(8)6-10(14)13(15)18-4/h5,7H,6H2,1-4H3. The summed E-state index contributed by atoms with van der Waals surface area (Å²) in [5.41, 5.74) is 1.56. The average molecular weight is 252 g/mol. The number of benzene rings is 1. The molecule has 1 rings (SSSR count). The summed E-state index contributed by atoms with van der Waals surface area (Å²) in [5, 5.41) is 0. The van der Waals surface area contributed by atoms with Gasteiger partial charge in [0.15, 0.2) is 11.5 Å². The van der Waals surface area contributed by atoms with E-state index < -0.39 is 11.8 Å². The molecule has 0 aliphatic rings. The highest BCUT2D eigenvalue weighted by atomic mass is 16.5. The zero-order valence-corrected chi connectivity index (χ0v) is 10.9. The smallest absolute Gasteiger partial charge is 0.374 e. The summed E-state index contributed by atoms with van der Waals surface area (Å²) in [7, 11) is 4.23. The number of aryl methyl sites for hydroxylation is 1. The third-order valence-electron chi connectivity index (χ3n) is 2.61. The Morgan fingerprint density at radius 3 is 2.11 bits per heavy atom. The monoisotopic (exact) mass is 252 g/mol. The number of ether oxygens (including phenoxy) is 3. The molecule has 0 atom stereocenters. The second kappa shape index (κ2) is 6.05. The van der Waals surface area contributed by atoms with Crippen molar-refractivity contribution < 1.29 is 23.8 Å². The molecule has 98 valence electrons. The first-order chi connectivity index (χ1) is 8.53.